The van der Waals surface area contributed by atoms with Crippen LogP contribution >= 0.6 is 0 Å². The second-order valence-corrected chi connectivity index (χ2v) is 4.51. The number of hydrogen-bond acceptors (Lipinski definition) is 5. The van der Waals surface area contributed by atoms with E-state index >= 15 is 0 Å². The molecule has 1 aliphatic heterocycles. The van der Waals surface area contributed by atoms with Crippen molar-refractivity contribution in [1.82, 2.24) is 5.32 Å². The van der Waals surface area contributed by atoms with Crippen LogP contribution in [0.3, 0.4) is 0 Å². The van der Waals surface area contributed by atoms with Crippen LogP contribution in [0.5, 0.6) is 11.5 Å². The molecule has 1 heterocycles. The number of aliphatic hydroxyl groups excluding tert-OH is 1. The molecule has 0 bridgehead atoms. The third-order valence-electron chi connectivity index (χ3n) is 2.87. The highest BCUT2D eigenvalue weighted by Gasteiger charge is 2.23. The Morgan fingerprint density at radius 2 is 2.05 bits per heavy atom. The van der Waals surface area contributed by atoms with Crippen molar-refractivity contribution in [2.24, 2.45) is 0 Å². The molecule has 0 saturated carbocycles. The molecule has 0 aliphatic carbocycles. The molecule has 0 fully saturated rings. The quantitative estimate of drug-likeness (QED) is 0.678. The zero-order chi connectivity index (χ0) is 15.4. The number of amides is 1. The van der Waals surface area contributed by atoms with Gasteiger partial charge in [-0.05, 0) is 30.7 Å². The molecule has 1 aliphatic rings. The first-order valence-electron chi connectivity index (χ1n) is 6.26. The van der Waals surface area contributed by atoms with Crippen LogP contribution < -0.4 is 14.8 Å². The van der Waals surface area contributed by atoms with Gasteiger partial charge in [-0.3, -0.25) is 4.79 Å². The average Bonchev–Trinajstić information content (AvgIpc) is 2.89. The summed E-state index contributed by atoms with van der Waals surface area (Å²) in [6.07, 6.45) is 1.51. The SMILES string of the molecule is C[C@@H](O)[C@H](NC(=O)/C=C/c1ccc2c(c1)OCO2)C(=O)O. The van der Waals surface area contributed by atoms with E-state index in [1.54, 1.807) is 18.2 Å². The van der Waals surface area contributed by atoms with Crippen LogP contribution in [-0.4, -0.2) is 41.0 Å². The molecule has 0 spiro atoms. The smallest absolute Gasteiger partial charge is 0.328 e. The van der Waals surface area contributed by atoms with Crippen molar-refractivity contribution in [3.8, 4) is 11.5 Å². The fourth-order valence-electron chi connectivity index (χ4n) is 1.78. The number of ether oxygens (including phenoxy) is 2. The normalized spacial score (nSPS) is 15.7. The van der Waals surface area contributed by atoms with Gasteiger partial charge in [0.05, 0.1) is 6.10 Å². The Balaban J connectivity index is 2.00. The highest BCUT2D eigenvalue weighted by Crippen LogP contribution is 2.32. The van der Waals surface area contributed by atoms with E-state index in [2.05, 4.69) is 5.32 Å². The van der Waals surface area contributed by atoms with Crippen LogP contribution in [0, 0.1) is 0 Å². The molecule has 7 nitrogen and oxygen atoms in total. The van der Waals surface area contributed by atoms with Gasteiger partial charge in [-0.25, -0.2) is 4.79 Å². The molecule has 1 aromatic rings. The number of fused-ring (bicyclic) bond motifs is 1. The number of carbonyl (C=O) groups excluding carboxylic acids is 1. The first kappa shape index (κ1) is 14.9. The molecule has 7 heteroatoms. The summed E-state index contributed by atoms with van der Waals surface area (Å²) in [6, 6.07) is 3.81. The summed E-state index contributed by atoms with van der Waals surface area (Å²) >= 11 is 0. The highest BCUT2D eigenvalue weighted by atomic mass is 16.7. The number of carbonyl (C=O) groups is 2. The average molecular weight is 293 g/mol. The molecule has 21 heavy (non-hydrogen) atoms. The highest BCUT2D eigenvalue weighted by molar-refractivity contribution is 5.94. The maximum atomic E-state index is 11.6. The number of aliphatic hydroxyl groups is 1. The van der Waals surface area contributed by atoms with Crippen LogP contribution in [0.2, 0.25) is 0 Å². The summed E-state index contributed by atoms with van der Waals surface area (Å²) in [4.78, 5) is 22.5. The molecular formula is C14H15NO6. The van der Waals surface area contributed by atoms with E-state index in [-0.39, 0.29) is 6.79 Å². The van der Waals surface area contributed by atoms with E-state index in [1.807, 2.05) is 0 Å². The summed E-state index contributed by atoms with van der Waals surface area (Å²) in [5.41, 5.74) is 0.707. The number of nitrogens with one attached hydrogen (secondary N) is 1. The van der Waals surface area contributed by atoms with Crippen molar-refractivity contribution in [2.45, 2.75) is 19.1 Å². The number of carboxylic acids is 1. The zero-order valence-electron chi connectivity index (χ0n) is 11.3. The lowest BCUT2D eigenvalue weighted by molar-refractivity contribution is -0.144. The van der Waals surface area contributed by atoms with Crippen LogP contribution in [0.25, 0.3) is 6.08 Å². The van der Waals surface area contributed by atoms with Crippen molar-refractivity contribution in [3.05, 3.63) is 29.8 Å². The van der Waals surface area contributed by atoms with Crippen LogP contribution in [0.1, 0.15) is 12.5 Å². The summed E-state index contributed by atoms with van der Waals surface area (Å²) in [5.74, 6) is -0.683. The van der Waals surface area contributed by atoms with Crippen LogP contribution in [0.4, 0.5) is 0 Å². The van der Waals surface area contributed by atoms with Crippen molar-refractivity contribution < 1.29 is 29.3 Å². The number of aliphatic carboxylic acids is 1. The van der Waals surface area contributed by atoms with Gasteiger partial charge in [0.15, 0.2) is 17.5 Å². The van der Waals surface area contributed by atoms with Crippen molar-refractivity contribution >= 4 is 18.0 Å². The van der Waals surface area contributed by atoms with Crippen molar-refractivity contribution in [3.63, 3.8) is 0 Å². The van der Waals surface area contributed by atoms with Gasteiger partial charge in [-0.2, -0.15) is 0 Å². The molecule has 0 unspecified atom stereocenters. The minimum absolute atomic E-state index is 0.164. The van der Waals surface area contributed by atoms with E-state index in [4.69, 9.17) is 14.6 Å². The van der Waals surface area contributed by atoms with Gasteiger partial charge in [0, 0.05) is 6.08 Å². The summed E-state index contributed by atoms with van der Waals surface area (Å²) < 4.78 is 10.4. The lowest BCUT2D eigenvalue weighted by atomic mass is 10.1. The van der Waals surface area contributed by atoms with Gasteiger partial charge in [-0.1, -0.05) is 6.07 Å². The summed E-state index contributed by atoms with van der Waals surface area (Å²) in [6.45, 7) is 1.46. The third kappa shape index (κ3) is 3.73. The Hall–Kier alpha value is -2.54. The molecule has 2 rings (SSSR count). The van der Waals surface area contributed by atoms with E-state index in [0.29, 0.717) is 17.1 Å². The second-order valence-electron chi connectivity index (χ2n) is 4.51. The third-order valence-corrected chi connectivity index (χ3v) is 2.87. The van der Waals surface area contributed by atoms with E-state index in [1.165, 1.54) is 19.1 Å². The molecule has 3 N–H and O–H groups in total. The standard InChI is InChI=1S/C14H15NO6/c1-8(16)13(14(18)19)15-12(17)5-3-9-2-4-10-11(6-9)21-7-20-10/h2-6,8,13,16H,7H2,1H3,(H,15,17)(H,18,19)/b5-3+/t8-,13+/m1/s1. The predicted molar refractivity (Wildman–Crippen MR) is 72.8 cm³/mol. The first-order valence-corrected chi connectivity index (χ1v) is 6.26. The topological polar surface area (TPSA) is 105 Å². The number of carboxylic acid groups (broad SMARTS) is 1. The molecular weight excluding hydrogens is 278 g/mol. The van der Waals surface area contributed by atoms with Crippen LogP contribution in [0.15, 0.2) is 24.3 Å². The fourth-order valence-corrected chi connectivity index (χ4v) is 1.78. The maximum absolute atomic E-state index is 11.6. The molecule has 0 aromatic heterocycles. The molecule has 0 radical (unpaired) electrons. The van der Waals surface area contributed by atoms with Gasteiger partial charge in [-0.15, -0.1) is 0 Å². The van der Waals surface area contributed by atoms with E-state index in [0.717, 1.165) is 0 Å². The lowest BCUT2D eigenvalue weighted by Crippen LogP contribution is -2.47. The van der Waals surface area contributed by atoms with Gasteiger partial charge in [0.2, 0.25) is 12.7 Å². The minimum atomic E-state index is -1.35. The van der Waals surface area contributed by atoms with Gasteiger partial charge in [0.1, 0.15) is 0 Å². The maximum Gasteiger partial charge on any atom is 0.328 e. The second kappa shape index (κ2) is 6.27. The molecule has 112 valence electrons. The van der Waals surface area contributed by atoms with Crippen LogP contribution in [-0.2, 0) is 9.59 Å². The van der Waals surface area contributed by atoms with Gasteiger partial charge in [0.25, 0.3) is 0 Å². The van der Waals surface area contributed by atoms with Crippen molar-refractivity contribution in [2.75, 3.05) is 6.79 Å². The molecule has 1 amide bonds. The number of hydrogen-bond donors (Lipinski definition) is 3. The first-order chi connectivity index (χ1) is 9.97. The fraction of sp³-hybridized carbons (Fsp3) is 0.286. The lowest BCUT2D eigenvalue weighted by Gasteiger charge is -2.15. The van der Waals surface area contributed by atoms with Crippen molar-refractivity contribution in [1.29, 1.82) is 0 Å². The Morgan fingerprint density at radius 1 is 1.33 bits per heavy atom. The Bertz CT molecular complexity index is 581. The Morgan fingerprint density at radius 3 is 2.71 bits per heavy atom. The van der Waals surface area contributed by atoms with Gasteiger partial charge < -0.3 is 25.0 Å². The summed E-state index contributed by atoms with van der Waals surface area (Å²) in [7, 11) is 0. The van der Waals surface area contributed by atoms with E-state index in [9.17, 15) is 14.7 Å². The van der Waals surface area contributed by atoms with Gasteiger partial charge >= 0.3 is 5.97 Å². The predicted octanol–water partition coefficient (Wildman–Crippen LogP) is 0.379. The Labute approximate surface area is 120 Å². The molecule has 0 saturated heterocycles. The van der Waals surface area contributed by atoms with E-state index < -0.39 is 24.0 Å². The Kier molecular flexibility index (Phi) is 4.44. The minimum Gasteiger partial charge on any atom is -0.480 e. The largest absolute Gasteiger partial charge is 0.480 e. The zero-order valence-corrected chi connectivity index (χ0v) is 11.3. The summed E-state index contributed by atoms with van der Waals surface area (Å²) in [5, 5.41) is 20.3. The molecule has 2 atom stereocenters. The number of rotatable bonds is 5. The molecule has 1 aromatic carbocycles. The number of benzene rings is 1. The monoisotopic (exact) mass is 293 g/mol.